The highest BCUT2D eigenvalue weighted by Crippen LogP contribution is 2.52. The van der Waals surface area contributed by atoms with Gasteiger partial charge in [0.1, 0.15) is 17.6 Å². The number of rotatable bonds is 10. The lowest BCUT2D eigenvalue weighted by Gasteiger charge is -2.24. The number of nitrogens with zero attached hydrogens (tertiary/aromatic N) is 2. The first kappa shape index (κ1) is 28.9. The monoisotopic (exact) mass is 600 g/mol. The van der Waals surface area contributed by atoms with Gasteiger partial charge >= 0.3 is 12.6 Å². The number of carbonyl (C=O) groups excluding carboxylic acids is 1. The van der Waals surface area contributed by atoms with E-state index in [2.05, 4.69) is 4.98 Å². The van der Waals surface area contributed by atoms with Crippen molar-refractivity contribution in [1.29, 1.82) is 0 Å². The Morgan fingerprint density at radius 1 is 1.02 bits per heavy atom. The van der Waals surface area contributed by atoms with E-state index < -0.39 is 18.7 Å². The van der Waals surface area contributed by atoms with E-state index in [9.17, 15) is 13.6 Å². The molecule has 41 heavy (non-hydrogen) atoms. The van der Waals surface area contributed by atoms with Crippen molar-refractivity contribution in [3.8, 4) is 11.5 Å². The van der Waals surface area contributed by atoms with Gasteiger partial charge in [-0.05, 0) is 71.5 Å². The Labute approximate surface area is 246 Å². The lowest BCUT2D eigenvalue weighted by Crippen LogP contribution is -2.17. The zero-order valence-corrected chi connectivity index (χ0v) is 24.2. The third kappa shape index (κ3) is 6.34. The summed E-state index contributed by atoms with van der Waals surface area (Å²) in [5.41, 5.74) is 2.94. The number of esters is 1. The van der Waals surface area contributed by atoms with Gasteiger partial charge in [-0.15, -0.1) is 0 Å². The summed E-state index contributed by atoms with van der Waals surface area (Å²) in [5.74, 6) is -0.201. The van der Waals surface area contributed by atoms with E-state index in [0.29, 0.717) is 38.0 Å². The van der Waals surface area contributed by atoms with E-state index >= 15 is 0 Å². The highest BCUT2D eigenvalue weighted by Gasteiger charge is 2.35. The molecule has 1 heterocycles. The highest BCUT2D eigenvalue weighted by atomic mass is 35.5. The molecule has 0 saturated heterocycles. The molecular weight excluding hydrogens is 573 g/mol. The highest BCUT2D eigenvalue weighted by molar-refractivity contribution is 6.35. The van der Waals surface area contributed by atoms with Crippen LogP contribution in [0.5, 0.6) is 11.5 Å². The van der Waals surface area contributed by atoms with E-state index in [1.807, 2.05) is 43.3 Å². The van der Waals surface area contributed by atoms with Crippen molar-refractivity contribution in [2.24, 2.45) is 0 Å². The third-order valence-corrected chi connectivity index (χ3v) is 7.76. The number of hydrogen-bond donors (Lipinski definition) is 0. The maximum absolute atomic E-state index is 13.6. The minimum Gasteiger partial charge on any atom is -0.496 e. The Bertz CT molecular complexity index is 1570. The molecule has 1 unspecified atom stereocenters. The average Bonchev–Trinajstić information content (AvgIpc) is 3.78. The number of ether oxygens (including phenoxy) is 3. The molecule has 1 atom stereocenters. The van der Waals surface area contributed by atoms with Crippen molar-refractivity contribution in [2.75, 3.05) is 26.1 Å². The third-order valence-electron chi connectivity index (χ3n) is 7.11. The second kappa shape index (κ2) is 12.1. The van der Waals surface area contributed by atoms with Gasteiger partial charge in [0.2, 0.25) is 0 Å². The molecule has 0 bridgehead atoms. The quantitative estimate of drug-likeness (QED) is 0.171. The summed E-state index contributed by atoms with van der Waals surface area (Å²) < 4.78 is 43.1. The minimum atomic E-state index is -2.99. The van der Waals surface area contributed by atoms with Crippen molar-refractivity contribution < 1.29 is 27.8 Å². The number of aromatic nitrogens is 1. The molecule has 0 amide bonds. The number of pyridine rings is 1. The predicted octanol–water partition coefficient (Wildman–Crippen LogP) is 8.24. The van der Waals surface area contributed by atoms with Gasteiger partial charge < -0.3 is 19.1 Å². The SMILES string of the molecule is COc1c(C(Cc2c(Cl)cncc2Cl)OC(=O)c2ccc3cc(N(C)C)ccc3c2)ccc(OC(F)F)c1C1CC1. The minimum absolute atomic E-state index is 0.00403. The van der Waals surface area contributed by atoms with Crippen LogP contribution in [-0.2, 0) is 11.2 Å². The topological polar surface area (TPSA) is 60.9 Å². The Hall–Kier alpha value is -3.62. The van der Waals surface area contributed by atoms with Gasteiger partial charge in [-0.25, -0.2) is 4.79 Å². The average molecular weight is 601 g/mol. The number of anilines is 1. The maximum Gasteiger partial charge on any atom is 0.387 e. The summed E-state index contributed by atoms with van der Waals surface area (Å²) in [4.78, 5) is 19.6. The number of halogens is 4. The fraction of sp³-hybridized carbons (Fsp3) is 0.290. The fourth-order valence-corrected chi connectivity index (χ4v) is 5.43. The largest absolute Gasteiger partial charge is 0.496 e. The van der Waals surface area contributed by atoms with Crippen LogP contribution in [0.15, 0.2) is 60.9 Å². The van der Waals surface area contributed by atoms with Gasteiger partial charge in [-0.2, -0.15) is 8.78 Å². The second-order valence-corrected chi connectivity index (χ2v) is 10.9. The maximum atomic E-state index is 13.6. The van der Waals surface area contributed by atoms with Crippen LogP contribution in [0.25, 0.3) is 10.8 Å². The molecule has 10 heteroatoms. The molecule has 1 aromatic heterocycles. The van der Waals surface area contributed by atoms with Crippen molar-refractivity contribution in [3.63, 3.8) is 0 Å². The van der Waals surface area contributed by atoms with Gasteiger partial charge in [-0.3, -0.25) is 4.98 Å². The summed E-state index contributed by atoms with van der Waals surface area (Å²) in [6, 6.07) is 14.3. The zero-order valence-electron chi connectivity index (χ0n) is 22.7. The Kier molecular flexibility index (Phi) is 8.52. The number of carbonyl (C=O) groups is 1. The lowest BCUT2D eigenvalue weighted by molar-refractivity contribution is -0.0505. The zero-order chi connectivity index (χ0) is 29.3. The Morgan fingerprint density at radius 3 is 2.34 bits per heavy atom. The standard InChI is InChI=1S/C31H28Cl2F2N2O4/c1-37(2)21-9-8-18-12-20(7-6-19(18)13-21)30(38)40-27(14-23-24(32)15-36-16-25(23)33)22-10-11-26(41-31(34)35)28(17-4-5-17)29(22)39-3/h6-13,15-17,27,31H,4-5,14H2,1-3H3. The smallest absolute Gasteiger partial charge is 0.387 e. The molecule has 0 spiro atoms. The van der Waals surface area contributed by atoms with Crippen LogP contribution in [0.2, 0.25) is 10.0 Å². The van der Waals surface area contributed by atoms with Gasteiger partial charge in [0, 0.05) is 49.7 Å². The van der Waals surface area contributed by atoms with Crippen molar-refractivity contribution >= 4 is 45.6 Å². The molecule has 3 aromatic carbocycles. The predicted molar refractivity (Wildman–Crippen MR) is 156 cm³/mol. The summed E-state index contributed by atoms with van der Waals surface area (Å²) >= 11 is 12.9. The van der Waals surface area contributed by atoms with E-state index in [0.717, 1.165) is 29.3 Å². The van der Waals surface area contributed by atoms with Crippen molar-refractivity contribution in [2.45, 2.75) is 37.9 Å². The van der Waals surface area contributed by atoms with Gasteiger partial charge in [0.25, 0.3) is 0 Å². The molecule has 1 saturated carbocycles. The molecule has 4 aromatic rings. The van der Waals surface area contributed by atoms with E-state index in [4.69, 9.17) is 37.4 Å². The van der Waals surface area contributed by atoms with Gasteiger partial charge in [-0.1, -0.05) is 35.3 Å². The summed E-state index contributed by atoms with van der Waals surface area (Å²) in [5, 5.41) is 2.47. The Morgan fingerprint density at radius 2 is 1.71 bits per heavy atom. The van der Waals surface area contributed by atoms with Crippen LogP contribution in [0.4, 0.5) is 14.5 Å². The molecule has 1 aliphatic carbocycles. The van der Waals surface area contributed by atoms with E-state index in [-0.39, 0.29) is 18.1 Å². The van der Waals surface area contributed by atoms with Crippen LogP contribution in [0, 0.1) is 0 Å². The normalized spacial score (nSPS) is 13.8. The van der Waals surface area contributed by atoms with Crippen LogP contribution in [0.1, 0.15) is 51.9 Å². The van der Waals surface area contributed by atoms with Gasteiger partial charge in [0.15, 0.2) is 0 Å². The molecule has 6 nitrogen and oxygen atoms in total. The van der Waals surface area contributed by atoms with Crippen LogP contribution >= 0.6 is 23.2 Å². The van der Waals surface area contributed by atoms with E-state index in [1.54, 1.807) is 18.2 Å². The summed E-state index contributed by atoms with van der Waals surface area (Å²) in [7, 11) is 5.38. The first-order valence-corrected chi connectivity index (χ1v) is 13.8. The molecule has 1 fully saturated rings. The molecule has 1 aliphatic rings. The summed E-state index contributed by atoms with van der Waals surface area (Å²) in [6.45, 7) is -2.99. The van der Waals surface area contributed by atoms with Crippen molar-refractivity contribution in [1.82, 2.24) is 4.98 Å². The second-order valence-electron chi connectivity index (χ2n) is 10.1. The number of benzene rings is 3. The molecule has 0 radical (unpaired) electrons. The molecule has 0 aliphatic heterocycles. The lowest BCUT2D eigenvalue weighted by atomic mass is 9.96. The first-order chi connectivity index (χ1) is 19.7. The number of alkyl halides is 2. The van der Waals surface area contributed by atoms with Gasteiger partial charge in [0.05, 0.1) is 22.7 Å². The molecule has 0 N–H and O–H groups in total. The fourth-order valence-electron chi connectivity index (χ4n) is 4.91. The number of methoxy groups -OCH3 is 1. The van der Waals surface area contributed by atoms with E-state index in [1.165, 1.54) is 25.6 Å². The van der Waals surface area contributed by atoms with Crippen LogP contribution in [-0.4, -0.2) is 38.8 Å². The number of fused-ring (bicyclic) bond motifs is 1. The molecule has 5 rings (SSSR count). The Balaban J connectivity index is 1.55. The summed E-state index contributed by atoms with van der Waals surface area (Å²) in [6.07, 6.45) is 3.71. The van der Waals surface area contributed by atoms with Crippen LogP contribution in [0.3, 0.4) is 0 Å². The number of hydrogen-bond acceptors (Lipinski definition) is 6. The van der Waals surface area contributed by atoms with Crippen LogP contribution < -0.4 is 14.4 Å². The van der Waals surface area contributed by atoms with Crippen molar-refractivity contribution in [3.05, 3.63) is 93.2 Å². The molecular formula is C31H28Cl2F2N2O4. The molecule has 214 valence electrons. The first-order valence-electron chi connectivity index (χ1n) is 13.0.